The molecule has 27 heavy (non-hydrogen) atoms. The highest BCUT2D eigenvalue weighted by atomic mass is 35.6. The van der Waals surface area contributed by atoms with Gasteiger partial charge >= 0.3 is 5.97 Å². The Labute approximate surface area is 180 Å². The third-order valence-corrected chi connectivity index (χ3v) is 4.89. The minimum absolute atomic E-state index is 1.12. The van der Waals surface area contributed by atoms with Crippen LogP contribution in [-0.2, 0) is 4.79 Å². The van der Waals surface area contributed by atoms with Crippen LogP contribution in [0.2, 0.25) is 0 Å². The first-order valence-corrected chi connectivity index (χ1v) is 11.4. The van der Waals surface area contributed by atoms with Crippen molar-refractivity contribution in [3.8, 4) is 0 Å². The van der Waals surface area contributed by atoms with Gasteiger partial charge in [-0.2, -0.15) is 0 Å². The van der Waals surface area contributed by atoms with Gasteiger partial charge in [0.1, 0.15) is 0 Å². The molecule has 0 atom stereocenters. The fourth-order valence-corrected chi connectivity index (χ4v) is 2.90. The van der Waals surface area contributed by atoms with Crippen LogP contribution in [0.15, 0.2) is 12.4 Å². The summed E-state index contributed by atoms with van der Waals surface area (Å²) in [5.74, 6) is -1.46. The maximum atomic E-state index is 9.62. The standard InChI is InChI=1S/C18H36N2.C2HCl3O2/c1-3-5-6-7-8-9-10-11-12-13-15-20-17-16-19(18-20)14-4-2;3-2(4,5)1(6)7/h16-17H,3-15,18H2,1-2H3;(H,6,7). The summed E-state index contributed by atoms with van der Waals surface area (Å²) in [7, 11) is 0. The van der Waals surface area contributed by atoms with Crippen molar-refractivity contribution < 1.29 is 9.90 Å². The molecule has 0 saturated heterocycles. The van der Waals surface area contributed by atoms with Crippen LogP contribution in [0, 0.1) is 0 Å². The van der Waals surface area contributed by atoms with Crippen LogP contribution in [0.1, 0.15) is 84.5 Å². The van der Waals surface area contributed by atoms with Gasteiger partial charge in [-0.3, -0.25) is 0 Å². The summed E-state index contributed by atoms with van der Waals surface area (Å²) in [5, 5.41) is 7.85. The molecular weight excluding hydrogens is 407 g/mol. The van der Waals surface area contributed by atoms with E-state index in [1.54, 1.807) is 0 Å². The Morgan fingerprint density at radius 2 is 1.22 bits per heavy atom. The van der Waals surface area contributed by atoms with E-state index in [9.17, 15) is 4.79 Å². The molecule has 160 valence electrons. The van der Waals surface area contributed by atoms with Crippen LogP contribution in [0.5, 0.6) is 0 Å². The van der Waals surface area contributed by atoms with E-state index < -0.39 is 9.76 Å². The van der Waals surface area contributed by atoms with E-state index in [0.29, 0.717) is 0 Å². The Kier molecular flexibility index (Phi) is 16.4. The van der Waals surface area contributed by atoms with Gasteiger partial charge in [0.25, 0.3) is 3.79 Å². The van der Waals surface area contributed by atoms with E-state index in [1.807, 2.05) is 0 Å². The highest BCUT2D eigenvalue weighted by Gasteiger charge is 2.29. The Bertz CT molecular complexity index is 401. The second kappa shape index (κ2) is 16.6. The fraction of sp³-hybridized carbons (Fsp3) is 0.850. The Morgan fingerprint density at radius 1 is 0.815 bits per heavy atom. The molecule has 0 unspecified atom stereocenters. The summed E-state index contributed by atoms with van der Waals surface area (Å²) in [6.07, 6.45) is 20.0. The maximum Gasteiger partial charge on any atom is 0.356 e. The molecule has 0 bridgehead atoms. The number of unbranched alkanes of at least 4 members (excludes halogenated alkanes) is 9. The summed E-state index contributed by atoms with van der Waals surface area (Å²) in [6, 6.07) is 0. The molecule has 1 heterocycles. The van der Waals surface area contributed by atoms with Gasteiger partial charge in [-0.05, 0) is 12.8 Å². The maximum absolute atomic E-state index is 9.62. The van der Waals surface area contributed by atoms with Crippen LogP contribution in [0.3, 0.4) is 0 Å². The van der Waals surface area contributed by atoms with E-state index in [1.165, 1.54) is 83.7 Å². The summed E-state index contributed by atoms with van der Waals surface area (Å²) in [6.45, 7) is 8.10. The average molecular weight is 444 g/mol. The first-order chi connectivity index (χ1) is 12.8. The minimum atomic E-state index is -2.17. The molecule has 7 heteroatoms. The van der Waals surface area contributed by atoms with Gasteiger partial charge in [0.15, 0.2) is 0 Å². The minimum Gasteiger partial charge on any atom is -0.478 e. The number of nitrogens with zero attached hydrogens (tertiary/aromatic N) is 2. The molecule has 0 aliphatic carbocycles. The molecule has 0 amide bonds. The molecule has 0 aromatic heterocycles. The molecule has 1 N–H and O–H groups in total. The zero-order valence-corrected chi connectivity index (χ0v) is 19.2. The third kappa shape index (κ3) is 16.3. The van der Waals surface area contributed by atoms with Crippen molar-refractivity contribution in [2.24, 2.45) is 0 Å². The lowest BCUT2D eigenvalue weighted by molar-refractivity contribution is -0.135. The predicted molar refractivity (Wildman–Crippen MR) is 117 cm³/mol. The number of carboxylic acids is 1. The van der Waals surface area contributed by atoms with Crippen molar-refractivity contribution in [1.29, 1.82) is 0 Å². The van der Waals surface area contributed by atoms with Crippen molar-refractivity contribution in [3.05, 3.63) is 12.4 Å². The van der Waals surface area contributed by atoms with Gasteiger partial charge < -0.3 is 14.9 Å². The molecule has 0 spiro atoms. The molecule has 0 aromatic rings. The van der Waals surface area contributed by atoms with E-state index in [2.05, 4.69) is 36.0 Å². The molecule has 0 saturated carbocycles. The number of carbonyl (C=O) groups is 1. The van der Waals surface area contributed by atoms with Crippen LogP contribution in [0.25, 0.3) is 0 Å². The molecule has 0 fully saturated rings. The molecule has 0 radical (unpaired) electrons. The average Bonchev–Trinajstić information content (AvgIpc) is 3.04. The van der Waals surface area contributed by atoms with Gasteiger partial charge in [-0.25, -0.2) is 4.79 Å². The topological polar surface area (TPSA) is 43.8 Å². The third-order valence-electron chi connectivity index (χ3n) is 4.40. The van der Waals surface area contributed by atoms with E-state index in [0.717, 1.165) is 6.67 Å². The lowest BCUT2D eigenvalue weighted by Gasteiger charge is -2.20. The van der Waals surface area contributed by atoms with Crippen LogP contribution < -0.4 is 0 Å². The van der Waals surface area contributed by atoms with Gasteiger partial charge in [-0.15, -0.1) is 0 Å². The van der Waals surface area contributed by atoms with Crippen LogP contribution >= 0.6 is 34.8 Å². The number of hydrogen-bond acceptors (Lipinski definition) is 3. The van der Waals surface area contributed by atoms with Gasteiger partial charge in [-0.1, -0.05) is 106 Å². The van der Waals surface area contributed by atoms with Crippen molar-refractivity contribution in [1.82, 2.24) is 9.80 Å². The number of aliphatic carboxylic acids is 1. The molecule has 0 aromatic carbocycles. The van der Waals surface area contributed by atoms with E-state index in [4.69, 9.17) is 39.9 Å². The second-order valence-electron chi connectivity index (χ2n) is 7.05. The largest absolute Gasteiger partial charge is 0.478 e. The van der Waals surface area contributed by atoms with Crippen molar-refractivity contribution in [2.75, 3.05) is 19.8 Å². The Hall–Kier alpha value is -0.320. The number of alkyl halides is 3. The smallest absolute Gasteiger partial charge is 0.356 e. The van der Waals surface area contributed by atoms with Crippen LogP contribution in [-0.4, -0.2) is 44.4 Å². The van der Waals surface area contributed by atoms with Gasteiger partial charge in [0, 0.05) is 25.5 Å². The lowest BCUT2D eigenvalue weighted by atomic mass is 10.1. The van der Waals surface area contributed by atoms with Crippen molar-refractivity contribution in [3.63, 3.8) is 0 Å². The fourth-order valence-electron chi connectivity index (χ4n) is 2.90. The van der Waals surface area contributed by atoms with E-state index in [-0.39, 0.29) is 0 Å². The summed E-state index contributed by atoms with van der Waals surface area (Å²) < 4.78 is -2.17. The number of rotatable bonds is 13. The number of carboxylic acid groups (broad SMARTS) is 1. The van der Waals surface area contributed by atoms with Gasteiger partial charge in [0.05, 0.1) is 6.67 Å². The second-order valence-corrected chi connectivity index (χ2v) is 9.33. The number of halogens is 3. The van der Waals surface area contributed by atoms with E-state index >= 15 is 0 Å². The normalized spacial score (nSPS) is 13.7. The summed E-state index contributed by atoms with van der Waals surface area (Å²) in [5.41, 5.74) is 0. The first-order valence-electron chi connectivity index (χ1n) is 10.3. The Balaban J connectivity index is 0.000000821. The van der Waals surface area contributed by atoms with Crippen LogP contribution in [0.4, 0.5) is 0 Å². The SMILES string of the molecule is CCCCCCCCCCCCN1C=CN(CCC)C1.O=C(O)C(Cl)(Cl)Cl. The molecule has 1 rings (SSSR count). The first kappa shape index (κ1) is 26.7. The Morgan fingerprint density at radius 3 is 1.63 bits per heavy atom. The molecule has 1 aliphatic rings. The highest BCUT2D eigenvalue weighted by molar-refractivity contribution is 6.75. The molecule has 4 nitrogen and oxygen atoms in total. The highest BCUT2D eigenvalue weighted by Crippen LogP contribution is 2.25. The zero-order chi connectivity index (χ0) is 20.5. The molecular formula is C20H37Cl3N2O2. The summed E-state index contributed by atoms with van der Waals surface area (Å²) in [4.78, 5) is 14.5. The zero-order valence-electron chi connectivity index (χ0n) is 16.9. The lowest BCUT2D eigenvalue weighted by Crippen LogP contribution is -2.26. The number of hydrogen-bond donors (Lipinski definition) is 1. The van der Waals surface area contributed by atoms with Crippen molar-refractivity contribution >= 4 is 40.8 Å². The quantitative estimate of drug-likeness (QED) is 0.251. The molecule has 1 aliphatic heterocycles. The summed E-state index contributed by atoms with van der Waals surface area (Å²) >= 11 is 14.4. The van der Waals surface area contributed by atoms with Crippen molar-refractivity contribution in [2.45, 2.75) is 88.3 Å². The predicted octanol–water partition coefficient (Wildman–Crippen LogP) is 6.80. The monoisotopic (exact) mass is 442 g/mol. The van der Waals surface area contributed by atoms with Gasteiger partial charge in [0.2, 0.25) is 0 Å².